The molecule has 2 saturated heterocycles. The third-order valence-electron chi connectivity index (χ3n) is 6.71. The van der Waals surface area contributed by atoms with Gasteiger partial charge in [0.2, 0.25) is 5.91 Å². The second-order valence-electron chi connectivity index (χ2n) is 8.92. The summed E-state index contributed by atoms with van der Waals surface area (Å²) in [6, 6.07) is 8.12. The highest BCUT2D eigenvalue weighted by molar-refractivity contribution is 6.32. The SMILES string of the molecule is CC(=O)N1CCC(N(C)c2ccc(-n3ncc(NC[C@H]4CCCOC4)c(Cl)c3=O)cc2)CC1. The first-order chi connectivity index (χ1) is 15.9. The van der Waals surface area contributed by atoms with Crippen molar-refractivity contribution in [3.63, 3.8) is 0 Å². The fraction of sp³-hybridized carbons (Fsp3) is 0.542. The summed E-state index contributed by atoms with van der Waals surface area (Å²) in [4.78, 5) is 28.6. The number of aromatic nitrogens is 2. The van der Waals surface area contributed by atoms with Crippen LogP contribution in [-0.4, -0.2) is 66.5 Å². The fourth-order valence-corrected chi connectivity index (χ4v) is 4.77. The van der Waals surface area contributed by atoms with Crippen molar-refractivity contribution in [2.24, 2.45) is 5.92 Å². The van der Waals surface area contributed by atoms with Crippen molar-refractivity contribution >= 4 is 28.9 Å². The number of halogens is 1. The number of carbonyl (C=O) groups excluding carboxylic acids is 1. The largest absolute Gasteiger partial charge is 0.382 e. The normalized spacial score (nSPS) is 19.4. The summed E-state index contributed by atoms with van der Waals surface area (Å²) < 4.78 is 6.83. The van der Waals surface area contributed by atoms with Crippen LogP contribution in [0, 0.1) is 5.92 Å². The molecule has 2 aromatic rings. The van der Waals surface area contributed by atoms with E-state index < -0.39 is 0 Å². The monoisotopic (exact) mass is 473 g/mol. The predicted octanol–water partition coefficient (Wildman–Crippen LogP) is 3.17. The molecule has 8 nitrogen and oxygen atoms in total. The minimum absolute atomic E-state index is 0.139. The highest BCUT2D eigenvalue weighted by Crippen LogP contribution is 2.24. The Labute approximate surface area is 199 Å². The molecule has 0 spiro atoms. The van der Waals surface area contributed by atoms with E-state index in [1.54, 1.807) is 13.1 Å². The molecule has 0 saturated carbocycles. The van der Waals surface area contributed by atoms with E-state index in [4.69, 9.17) is 16.3 Å². The lowest BCUT2D eigenvalue weighted by Gasteiger charge is -2.37. The molecule has 0 radical (unpaired) electrons. The number of rotatable bonds is 6. The Bertz CT molecular complexity index is 1010. The van der Waals surface area contributed by atoms with Crippen molar-refractivity contribution in [1.29, 1.82) is 0 Å². The molecule has 0 unspecified atom stereocenters. The van der Waals surface area contributed by atoms with Crippen LogP contribution in [0.2, 0.25) is 5.02 Å². The average molecular weight is 474 g/mol. The Hall–Kier alpha value is -2.58. The van der Waals surface area contributed by atoms with E-state index in [1.807, 2.05) is 29.2 Å². The minimum Gasteiger partial charge on any atom is -0.382 e. The molecule has 0 bridgehead atoms. The molecule has 178 valence electrons. The first-order valence-electron chi connectivity index (χ1n) is 11.6. The van der Waals surface area contributed by atoms with Crippen LogP contribution in [0.5, 0.6) is 0 Å². The Morgan fingerprint density at radius 1 is 1.24 bits per heavy atom. The molecular formula is C24H32ClN5O3. The molecule has 1 atom stereocenters. The van der Waals surface area contributed by atoms with E-state index in [2.05, 4.69) is 22.4 Å². The van der Waals surface area contributed by atoms with Crippen LogP contribution < -0.4 is 15.8 Å². The maximum absolute atomic E-state index is 12.9. The van der Waals surface area contributed by atoms with E-state index in [0.717, 1.165) is 57.7 Å². The van der Waals surface area contributed by atoms with Gasteiger partial charge in [-0.25, -0.2) is 0 Å². The molecule has 0 aliphatic carbocycles. The molecule has 1 amide bonds. The van der Waals surface area contributed by atoms with Gasteiger partial charge in [0.15, 0.2) is 0 Å². The van der Waals surface area contributed by atoms with Crippen molar-refractivity contribution in [3.8, 4) is 5.69 Å². The zero-order chi connectivity index (χ0) is 23.4. The lowest BCUT2D eigenvalue weighted by molar-refractivity contribution is -0.129. The van der Waals surface area contributed by atoms with Gasteiger partial charge in [0.1, 0.15) is 5.02 Å². The van der Waals surface area contributed by atoms with Crippen molar-refractivity contribution in [2.45, 2.75) is 38.6 Å². The molecule has 4 rings (SSSR count). The third kappa shape index (κ3) is 5.50. The lowest BCUT2D eigenvalue weighted by Crippen LogP contribution is -2.45. The molecule has 33 heavy (non-hydrogen) atoms. The summed E-state index contributed by atoms with van der Waals surface area (Å²) in [5, 5.41) is 7.73. The number of anilines is 2. The highest BCUT2D eigenvalue weighted by atomic mass is 35.5. The molecule has 2 fully saturated rings. The van der Waals surface area contributed by atoms with Crippen LogP contribution in [-0.2, 0) is 9.53 Å². The molecule has 1 aromatic heterocycles. The summed E-state index contributed by atoms with van der Waals surface area (Å²) in [7, 11) is 2.07. The Morgan fingerprint density at radius 3 is 2.61 bits per heavy atom. The minimum atomic E-state index is -0.348. The zero-order valence-corrected chi connectivity index (χ0v) is 20.1. The molecule has 2 aliphatic rings. The number of hydrogen-bond donors (Lipinski definition) is 1. The maximum atomic E-state index is 12.9. The molecule has 3 heterocycles. The number of nitrogens with one attached hydrogen (secondary N) is 1. The molecule has 9 heteroatoms. The highest BCUT2D eigenvalue weighted by Gasteiger charge is 2.24. The lowest BCUT2D eigenvalue weighted by atomic mass is 10.0. The van der Waals surface area contributed by atoms with Crippen LogP contribution in [0.3, 0.4) is 0 Å². The van der Waals surface area contributed by atoms with Gasteiger partial charge >= 0.3 is 0 Å². The van der Waals surface area contributed by atoms with E-state index in [1.165, 1.54) is 4.68 Å². The van der Waals surface area contributed by atoms with Gasteiger partial charge in [-0.05, 0) is 55.9 Å². The Morgan fingerprint density at radius 2 is 1.97 bits per heavy atom. The molecule has 2 aliphatic heterocycles. The van der Waals surface area contributed by atoms with Gasteiger partial charge < -0.3 is 19.9 Å². The van der Waals surface area contributed by atoms with Gasteiger partial charge in [0.25, 0.3) is 5.56 Å². The predicted molar refractivity (Wildman–Crippen MR) is 131 cm³/mol. The first-order valence-corrected chi connectivity index (χ1v) is 12.0. The van der Waals surface area contributed by atoms with Gasteiger partial charge in [-0.2, -0.15) is 9.78 Å². The second-order valence-corrected chi connectivity index (χ2v) is 9.30. The van der Waals surface area contributed by atoms with Crippen LogP contribution in [0.4, 0.5) is 11.4 Å². The van der Waals surface area contributed by atoms with Gasteiger partial charge in [0, 0.05) is 51.9 Å². The number of nitrogens with zero attached hydrogens (tertiary/aromatic N) is 4. The fourth-order valence-electron chi connectivity index (χ4n) is 4.57. The first kappa shape index (κ1) is 23.6. The van der Waals surface area contributed by atoms with E-state index in [9.17, 15) is 9.59 Å². The smallest absolute Gasteiger partial charge is 0.292 e. The molecule has 1 N–H and O–H groups in total. The Balaban J connectivity index is 1.41. The van der Waals surface area contributed by atoms with Gasteiger partial charge in [0.05, 0.1) is 24.2 Å². The van der Waals surface area contributed by atoms with Gasteiger partial charge in [-0.1, -0.05) is 11.6 Å². The van der Waals surface area contributed by atoms with Crippen LogP contribution in [0.25, 0.3) is 5.69 Å². The average Bonchev–Trinajstić information content (AvgIpc) is 2.85. The number of carbonyl (C=O) groups is 1. The number of benzene rings is 1. The molecule has 1 aromatic carbocycles. The summed E-state index contributed by atoms with van der Waals surface area (Å²) in [5.41, 5.74) is 1.93. The number of ether oxygens (including phenoxy) is 1. The number of amides is 1. The quantitative estimate of drug-likeness (QED) is 0.694. The third-order valence-corrected chi connectivity index (χ3v) is 7.08. The summed E-state index contributed by atoms with van der Waals surface area (Å²) in [6.45, 7) is 5.45. The second kappa shape index (κ2) is 10.6. The van der Waals surface area contributed by atoms with Crippen molar-refractivity contribution < 1.29 is 9.53 Å². The van der Waals surface area contributed by atoms with Crippen molar-refractivity contribution in [3.05, 3.63) is 45.8 Å². The van der Waals surface area contributed by atoms with Crippen LogP contribution >= 0.6 is 11.6 Å². The summed E-state index contributed by atoms with van der Waals surface area (Å²) in [5.74, 6) is 0.553. The van der Waals surface area contributed by atoms with Crippen molar-refractivity contribution in [1.82, 2.24) is 14.7 Å². The van der Waals surface area contributed by atoms with Gasteiger partial charge in [-0.15, -0.1) is 0 Å². The number of hydrogen-bond acceptors (Lipinski definition) is 6. The molecular weight excluding hydrogens is 442 g/mol. The topological polar surface area (TPSA) is 79.7 Å². The van der Waals surface area contributed by atoms with Crippen molar-refractivity contribution in [2.75, 3.05) is 50.1 Å². The zero-order valence-electron chi connectivity index (χ0n) is 19.3. The number of piperidine rings is 1. The Kier molecular flexibility index (Phi) is 7.55. The summed E-state index contributed by atoms with van der Waals surface area (Å²) in [6.07, 6.45) is 5.65. The number of likely N-dealkylation sites (tertiary alicyclic amines) is 1. The van der Waals surface area contributed by atoms with E-state index in [0.29, 0.717) is 29.9 Å². The maximum Gasteiger partial charge on any atom is 0.292 e. The van der Waals surface area contributed by atoms with E-state index in [-0.39, 0.29) is 16.5 Å². The summed E-state index contributed by atoms with van der Waals surface area (Å²) >= 11 is 6.38. The van der Waals surface area contributed by atoms with E-state index >= 15 is 0 Å². The standard InChI is InChI=1S/C24H32ClN5O3/c1-17(31)29-11-9-20(10-12-29)28(2)19-5-7-21(8-6-19)30-24(32)23(25)22(15-27-30)26-14-18-4-3-13-33-16-18/h5-8,15,18,20,26H,3-4,9-14,16H2,1-2H3/t18-/m1/s1. The van der Waals surface area contributed by atoms with Gasteiger partial charge in [-0.3, -0.25) is 9.59 Å². The van der Waals surface area contributed by atoms with Crippen LogP contribution in [0.1, 0.15) is 32.6 Å². The van der Waals surface area contributed by atoms with Crippen LogP contribution in [0.15, 0.2) is 35.3 Å².